The number of carbonyl (C=O) groups excluding carboxylic acids is 1. The molecule has 0 saturated carbocycles. The minimum absolute atomic E-state index is 0.0975. The number of nitrogens with one attached hydrogen (secondary N) is 1. The number of halogens is 2. The lowest BCUT2D eigenvalue weighted by Gasteiger charge is -2.14. The van der Waals surface area contributed by atoms with Gasteiger partial charge in [0.25, 0.3) is 0 Å². The van der Waals surface area contributed by atoms with Crippen LogP contribution in [0.3, 0.4) is 0 Å². The summed E-state index contributed by atoms with van der Waals surface area (Å²) in [4.78, 5) is 13.5. The number of likely N-dealkylation sites (N-methyl/N-ethyl adjacent to an activating group) is 1. The predicted molar refractivity (Wildman–Crippen MR) is 73.8 cm³/mol. The molecule has 1 heterocycles. The Hall–Kier alpha value is -0.490. The predicted octanol–water partition coefficient (Wildman–Crippen LogP) is 2.59. The average Bonchev–Trinajstić information content (AvgIpc) is 2.54. The van der Waals surface area contributed by atoms with Crippen molar-refractivity contribution < 1.29 is 4.79 Å². The van der Waals surface area contributed by atoms with Gasteiger partial charge < -0.3 is 10.2 Å². The molecule has 1 aliphatic heterocycles. The van der Waals surface area contributed by atoms with Gasteiger partial charge in [0, 0.05) is 27.9 Å². The Kier molecular flexibility index (Phi) is 3.59. The first kappa shape index (κ1) is 12.0. The zero-order valence-corrected chi connectivity index (χ0v) is 11.7. The third-order valence-electron chi connectivity index (χ3n) is 2.69. The largest absolute Gasteiger partial charge is 0.373 e. The third kappa shape index (κ3) is 2.43. The van der Waals surface area contributed by atoms with Crippen molar-refractivity contribution >= 4 is 45.8 Å². The smallest absolute Gasteiger partial charge is 0.244 e. The highest BCUT2D eigenvalue weighted by atomic mass is 127. The molecule has 1 fully saturated rings. The first-order chi connectivity index (χ1) is 7.58. The Morgan fingerprint density at radius 3 is 2.88 bits per heavy atom. The van der Waals surface area contributed by atoms with Crippen LogP contribution in [0.1, 0.15) is 6.42 Å². The van der Waals surface area contributed by atoms with Crippen LogP contribution in [-0.4, -0.2) is 30.4 Å². The van der Waals surface area contributed by atoms with Crippen LogP contribution in [0, 0.1) is 3.57 Å². The number of carbonyl (C=O) groups is 1. The van der Waals surface area contributed by atoms with E-state index in [2.05, 4.69) is 27.9 Å². The van der Waals surface area contributed by atoms with Crippen LogP contribution in [0.25, 0.3) is 0 Å². The third-order valence-corrected chi connectivity index (χ3v) is 3.82. The van der Waals surface area contributed by atoms with Gasteiger partial charge in [0.15, 0.2) is 0 Å². The average molecular weight is 351 g/mol. The van der Waals surface area contributed by atoms with Crippen molar-refractivity contribution in [3.63, 3.8) is 0 Å². The van der Waals surface area contributed by atoms with Crippen molar-refractivity contribution in [2.45, 2.75) is 12.5 Å². The van der Waals surface area contributed by atoms with E-state index in [0.29, 0.717) is 5.02 Å². The van der Waals surface area contributed by atoms with E-state index in [9.17, 15) is 4.79 Å². The fraction of sp³-hybridized carbons (Fsp3) is 0.364. The zero-order valence-electron chi connectivity index (χ0n) is 8.84. The fourth-order valence-corrected chi connectivity index (χ4v) is 2.78. The van der Waals surface area contributed by atoms with E-state index in [1.54, 1.807) is 4.90 Å². The number of hydrogen-bond donors (Lipinski definition) is 1. The van der Waals surface area contributed by atoms with Gasteiger partial charge in [0.2, 0.25) is 5.91 Å². The molecule has 16 heavy (non-hydrogen) atoms. The Bertz CT molecular complexity index is 424. The van der Waals surface area contributed by atoms with Gasteiger partial charge >= 0.3 is 0 Å². The summed E-state index contributed by atoms with van der Waals surface area (Å²) in [6.45, 7) is 0.820. The molecule has 86 valence electrons. The summed E-state index contributed by atoms with van der Waals surface area (Å²) in [5.74, 6) is 0.158. The molecule has 2 rings (SSSR count). The lowest BCUT2D eigenvalue weighted by atomic mass is 10.2. The van der Waals surface area contributed by atoms with Gasteiger partial charge in [-0.25, -0.2) is 0 Å². The van der Waals surface area contributed by atoms with E-state index < -0.39 is 0 Å². The fourth-order valence-electron chi connectivity index (χ4n) is 1.75. The van der Waals surface area contributed by atoms with Gasteiger partial charge in [-0.1, -0.05) is 11.6 Å². The van der Waals surface area contributed by atoms with E-state index in [1.807, 2.05) is 25.2 Å². The molecule has 1 aromatic carbocycles. The van der Waals surface area contributed by atoms with E-state index in [4.69, 9.17) is 11.6 Å². The van der Waals surface area contributed by atoms with E-state index >= 15 is 0 Å². The minimum atomic E-state index is -0.0975. The van der Waals surface area contributed by atoms with Gasteiger partial charge in [0.1, 0.15) is 6.04 Å². The summed E-state index contributed by atoms with van der Waals surface area (Å²) >= 11 is 8.09. The van der Waals surface area contributed by atoms with E-state index in [-0.39, 0.29) is 11.9 Å². The Morgan fingerprint density at radius 2 is 2.31 bits per heavy atom. The summed E-state index contributed by atoms with van der Waals surface area (Å²) in [5.41, 5.74) is 0.971. The van der Waals surface area contributed by atoms with Crippen LogP contribution in [0.15, 0.2) is 18.2 Å². The highest BCUT2D eigenvalue weighted by Gasteiger charge is 2.28. The number of likely N-dealkylation sites (tertiary alicyclic amines) is 1. The molecule has 1 atom stereocenters. The monoisotopic (exact) mass is 350 g/mol. The van der Waals surface area contributed by atoms with Crippen LogP contribution >= 0.6 is 34.2 Å². The minimum Gasteiger partial charge on any atom is -0.373 e. The molecule has 0 radical (unpaired) electrons. The second kappa shape index (κ2) is 4.79. The summed E-state index contributed by atoms with van der Waals surface area (Å²) in [5, 5.41) is 3.97. The molecule has 0 bridgehead atoms. The van der Waals surface area contributed by atoms with Gasteiger partial charge in [-0.05, 0) is 47.2 Å². The lowest BCUT2D eigenvalue weighted by Crippen LogP contribution is -2.31. The van der Waals surface area contributed by atoms with Crippen molar-refractivity contribution in [3.05, 3.63) is 26.8 Å². The molecule has 1 N–H and O–H groups in total. The molecule has 3 nitrogen and oxygen atoms in total. The molecule has 1 unspecified atom stereocenters. The van der Waals surface area contributed by atoms with E-state index in [1.165, 1.54) is 0 Å². The maximum atomic E-state index is 11.7. The normalized spacial score (nSPS) is 20.3. The van der Waals surface area contributed by atoms with Crippen LogP contribution in [-0.2, 0) is 4.79 Å². The Balaban J connectivity index is 2.12. The molecule has 0 spiro atoms. The Morgan fingerprint density at radius 1 is 1.56 bits per heavy atom. The van der Waals surface area contributed by atoms with Crippen LogP contribution in [0.4, 0.5) is 5.69 Å². The van der Waals surface area contributed by atoms with Crippen molar-refractivity contribution in [1.82, 2.24) is 4.90 Å². The summed E-state index contributed by atoms with van der Waals surface area (Å²) < 4.78 is 1.03. The maximum absolute atomic E-state index is 11.7. The zero-order chi connectivity index (χ0) is 11.7. The molecule has 1 aromatic rings. The quantitative estimate of drug-likeness (QED) is 0.832. The lowest BCUT2D eigenvalue weighted by molar-refractivity contribution is -0.127. The molecule has 1 amide bonds. The molecule has 1 saturated heterocycles. The van der Waals surface area contributed by atoms with Crippen LogP contribution in [0.2, 0.25) is 5.02 Å². The van der Waals surface area contributed by atoms with Crippen molar-refractivity contribution in [2.24, 2.45) is 0 Å². The highest BCUT2D eigenvalue weighted by molar-refractivity contribution is 14.1. The van der Waals surface area contributed by atoms with Crippen molar-refractivity contribution in [2.75, 3.05) is 18.9 Å². The first-order valence-electron chi connectivity index (χ1n) is 5.04. The number of amides is 1. The van der Waals surface area contributed by atoms with Gasteiger partial charge in [-0.3, -0.25) is 4.79 Å². The number of anilines is 1. The van der Waals surface area contributed by atoms with Crippen LogP contribution in [0.5, 0.6) is 0 Å². The number of benzene rings is 1. The van der Waals surface area contributed by atoms with Crippen molar-refractivity contribution in [1.29, 1.82) is 0 Å². The van der Waals surface area contributed by atoms with Gasteiger partial charge in [-0.15, -0.1) is 0 Å². The molecule has 5 heteroatoms. The van der Waals surface area contributed by atoms with E-state index in [0.717, 1.165) is 22.2 Å². The molecule has 1 aliphatic rings. The highest BCUT2D eigenvalue weighted by Crippen LogP contribution is 2.24. The number of nitrogens with zero attached hydrogens (tertiary/aromatic N) is 1. The number of hydrogen-bond acceptors (Lipinski definition) is 2. The summed E-state index contributed by atoms with van der Waals surface area (Å²) in [7, 11) is 1.83. The summed E-state index contributed by atoms with van der Waals surface area (Å²) in [6, 6.07) is 5.53. The van der Waals surface area contributed by atoms with Gasteiger partial charge in [-0.2, -0.15) is 0 Å². The second-order valence-corrected chi connectivity index (χ2v) is 5.47. The molecule has 0 aromatic heterocycles. The Labute approximate surface area is 113 Å². The molecular weight excluding hydrogens is 338 g/mol. The SMILES string of the molecule is CN1CCC(Nc2ccc(Cl)cc2I)C1=O. The summed E-state index contributed by atoms with van der Waals surface area (Å²) in [6.07, 6.45) is 0.855. The van der Waals surface area contributed by atoms with Crippen LogP contribution < -0.4 is 5.32 Å². The number of rotatable bonds is 2. The standard InChI is InChI=1S/C11H12ClIN2O/c1-15-5-4-10(11(15)16)14-9-3-2-7(12)6-8(9)13/h2-3,6,10,14H,4-5H2,1H3. The van der Waals surface area contributed by atoms with Gasteiger partial charge in [0.05, 0.1) is 0 Å². The first-order valence-corrected chi connectivity index (χ1v) is 6.50. The topological polar surface area (TPSA) is 32.3 Å². The van der Waals surface area contributed by atoms with Crippen molar-refractivity contribution in [3.8, 4) is 0 Å². The second-order valence-electron chi connectivity index (χ2n) is 3.87. The molecular formula is C11H12ClIN2O. The molecule has 0 aliphatic carbocycles. The maximum Gasteiger partial charge on any atom is 0.244 e.